The summed E-state index contributed by atoms with van der Waals surface area (Å²) in [6, 6.07) is 0. The lowest BCUT2D eigenvalue weighted by Crippen LogP contribution is -2.19. The van der Waals surface area contributed by atoms with Crippen molar-refractivity contribution in [1.29, 1.82) is 0 Å². The van der Waals surface area contributed by atoms with Gasteiger partial charge in [0.15, 0.2) is 0 Å². The van der Waals surface area contributed by atoms with E-state index in [1.807, 2.05) is 0 Å². The van der Waals surface area contributed by atoms with Crippen molar-refractivity contribution in [3.05, 3.63) is 12.2 Å². The highest BCUT2D eigenvalue weighted by atomic mass is 14.3. The first-order valence-electron chi connectivity index (χ1n) is 7.90. The molecule has 98 valence electrons. The van der Waals surface area contributed by atoms with Gasteiger partial charge in [-0.15, -0.1) is 0 Å². The number of allylic oxidation sites excluding steroid dienone is 2. The molecule has 0 aromatic rings. The van der Waals surface area contributed by atoms with E-state index in [2.05, 4.69) is 26.0 Å². The lowest BCUT2D eigenvalue weighted by atomic mass is 9.73. The molecule has 0 aromatic carbocycles. The molecule has 0 aromatic heterocycles. The molecule has 0 heteroatoms. The monoisotopic (exact) mass is 234 g/mol. The van der Waals surface area contributed by atoms with Crippen molar-refractivity contribution in [2.45, 2.75) is 71.6 Å². The maximum Gasteiger partial charge on any atom is -0.0233 e. The van der Waals surface area contributed by atoms with Crippen LogP contribution < -0.4 is 0 Å². The molecule has 0 bridgehead atoms. The van der Waals surface area contributed by atoms with E-state index in [-0.39, 0.29) is 0 Å². The predicted octanol–water partition coefficient (Wildman–Crippen LogP) is 5.59. The minimum absolute atomic E-state index is 0.905. The molecule has 0 radical (unpaired) electrons. The van der Waals surface area contributed by atoms with Gasteiger partial charge in [0.1, 0.15) is 0 Å². The third kappa shape index (κ3) is 4.16. The van der Waals surface area contributed by atoms with Crippen LogP contribution in [0.15, 0.2) is 12.2 Å². The molecule has 2 fully saturated rings. The molecular weight excluding hydrogens is 204 g/mol. The minimum atomic E-state index is 0.905. The quantitative estimate of drug-likeness (QED) is 0.559. The second-order valence-electron chi connectivity index (χ2n) is 6.67. The van der Waals surface area contributed by atoms with Crippen LogP contribution in [0, 0.1) is 23.7 Å². The van der Waals surface area contributed by atoms with Crippen LogP contribution in [0.5, 0.6) is 0 Å². The van der Waals surface area contributed by atoms with Crippen molar-refractivity contribution in [2.75, 3.05) is 0 Å². The maximum atomic E-state index is 2.43. The smallest absolute Gasteiger partial charge is 0.0233 e. The number of hydrogen-bond donors (Lipinski definition) is 0. The van der Waals surface area contributed by atoms with Crippen molar-refractivity contribution in [3.63, 3.8) is 0 Å². The molecule has 0 atom stereocenters. The third-order valence-corrected chi connectivity index (χ3v) is 5.16. The van der Waals surface area contributed by atoms with E-state index in [0.717, 1.165) is 23.7 Å². The highest BCUT2D eigenvalue weighted by Gasteiger charge is 2.24. The summed E-state index contributed by atoms with van der Waals surface area (Å²) in [5.41, 5.74) is 0. The Morgan fingerprint density at radius 3 is 1.88 bits per heavy atom. The van der Waals surface area contributed by atoms with Crippen molar-refractivity contribution < 1.29 is 0 Å². The van der Waals surface area contributed by atoms with Crippen LogP contribution in [0.1, 0.15) is 71.6 Å². The van der Waals surface area contributed by atoms with Gasteiger partial charge >= 0.3 is 0 Å². The Balaban J connectivity index is 1.67. The second-order valence-corrected chi connectivity index (χ2v) is 6.67. The van der Waals surface area contributed by atoms with E-state index in [1.54, 1.807) is 6.42 Å². The van der Waals surface area contributed by atoms with Gasteiger partial charge in [-0.1, -0.05) is 44.8 Å². The molecule has 2 aliphatic rings. The molecule has 0 nitrogen and oxygen atoms in total. The molecular formula is C17H30. The Morgan fingerprint density at radius 1 is 0.824 bits per heavy atom. The number of rotatable bonds is 3. The normalized spacial score (nSPS) is 39.6. The van der Waals surface area contributed by atoms with Crippen LogP contribution in [0.2, 0.25) is 0 Å². The summed E-state index contributed by atoms with van der Waals surface area (Å²) in [5, 5.41) is 0. The first-order valence-corrected chi connectivity index (χ1v) is 7.90. The van der Waals surface area contributed by atoms with Crippen molar-refractivity contribution in [2.24, 2.45) is 23.7 Å². The van der Waals surface area contributed by atoms with E-state index >= 15 is 0 Å². The summed E-state index contributed by atoms with van der Waals surface area (Å²) in [6.07, 6.45) is 18.2. The summed E-state index contributed by atoms with van der Waals surface area (Å²) >= 11 is 0. The van der Waals surface area contributed by atoms with Crippen LogP contribution in [0.3, 0.4) is 0 Å². The lowest BCUT2D eigenvalue weighted by Gasteiger charge is -2.32. The van der Waals surface area contributed by atoms with Crippen LogP contribution in [-0.2, 0) is 0 Å². The van der Waals surface area contributed by atoms with Gasteiger partial charge in [0.25, 0.3) is 0 Å². The summed E-state index contributed by atoms with van der Waals surface area (Å²) in [4.78, 5) is 0. The van der Waals surface area contributed by atoms with Gasteiger partial charge < -0.3 is 0 Å². The van der Waals surface area contributed by atoms with E-state index in [0.29, 0.717) is 0 Å². The molecule has 2 rings (SSSR count). The Kier molecular flexibility index (Phi) is 5.13. The van der Waals surface area contributed by atoms with Crippen LogP contribution >= 0.6 is 0 Å². The Hall–Kier alpha value is -0.260. The predicted molar refractivity (Wildman–Crippen MR) is 76.0 cm³/mol. The highest BCUT2D eigenvalue weighted by Crippen LogP contribution is 2.38. The van der Waals surface area contributed by atoms with E-state index < -0.39 is 0 Å². The lowest BCUT2D eigenvalue weighted by molar-refractivity contribution is 0.207. The summed E-state index contributed by atoms with van der Waals surface area (Å²) in [7, 11) is 0. The van der Waals surface area contributed by atoms with Crippen molar-refractivity contribution >= 4 is 0 Å². The van der Waals surface area contributed by atoms with Crippen molar-refractivity contribution in [1.82, 2.24) is 0 Å². The SMILES string of the molecule is CC=CC1CCC(CC2CCC(C)CC2)CC1. The summed E-state index contributed by atoms with van der Waals surface area (Å²) < 4.78 is 0. The first kappa shape index (κ1) is 13.2. The topological polar surface area (TPSA) is 0 Å². The second kappa shape index (κ2) is 6.61. The Morgan fingerprint density at radius 2 is 1.35 bits per heavy atom. The van der Waals surface area contributed by atoms with Crippen LogP contribution in [-0.4, -0.2) is 0 Å². The van der Waals surface area contributed by atoms with Gasteiger partial charge in [-0.3, -0.25) is 0 Å². The molecule has 0 amide bonds. The fourth-order valence-corrected chi connectivity index (χ4v) is 3.92. The molecule has 2 saturated carbocycles. The zero-order valence-corrected chi connectivity index (χ0v) is 11.8. The average molecular weight is 234 g/mol. The van der Waals surface area contributed by atoms with E-state index in [9.17, 15) is 0 Å². The maximum absolute atomic E-state index is 2.43. The molecule has 0 N–H and O–H groups in total. The average Bonchev–Trinajstić information content (AvgIpc) is 2.35. The molecule has 0 spiro atoms. The Labute approximate surface area is 108 Å². The summed E-state index contributed by atoms with van der Waals surface area (Å²) in [5.74, 6) is 4.06. The third-order valence-electron chi connectivity index (χ3n) is 5.16. The molecule has 0 aliphatic heterocycles. The van der Waals surface area contributed by atoms with Gasteiger partial charge in [-0.2, -0.15) is 0 Å². The minimum Gasteiger partial charge on any atom is -0.0914 e. The zero-order chi connectivity index (χ0) is 12.1. The van der Waals surface area contributed by atoms with Gasteiger partial charge in [0, 0.05) is 0 Å². The number of hydrogen-bond acceptors (Lipinski definition) is 0. The Bertz CT molecular complexity index is 224. The standard InChI is InChI=1S/C17H30/c1-3-4-15-9-11-17(12-10-15)13-16-7-5-14(2)6-8-16/h3-4,14-17H,5-13H2,1-2H3. The zero-order valence-electron chi connectivity index (χ0n) is 11.8. The van der Waals surface area contributed by atoms with E-state index in [1.165, 1.54) is 51.4 Å². The van der Waals surface area contributed by atoms with Crippen LogP contribution in [0.4, 0.5) is 0 Å². The van der Waals surface area contributed by atoms with E-state index in [4.69, 9.17) is 0 Å². The van der Waals surface area contributed by atoms with Gasteiger partial charge in [-0.25, -0.2) is 0 Å². The first-order chi connectivity index (χ1) is 8.28. The summed E-state index contributed by atoms with van der Waals surface area (Å²) in [6.45, 7) is 4.59. The fraction of sp³-hybridized carbons (Fsp3) is 0.882. The van der Waals surface area contributed by atoms with Gasteiger partial charge in [0.05, 0.1) is 0 Å². The molecule has 0 heterocycles. The van der Waals surface area contributed by atoms with Crippen molar-refractivity contribution in [3.8, 4) is 0 Å². The van der Waals surface area contributed by atoms with Gasteiger partial charge in [0.2, 0.25) is 0 Å². The molecule has 0 saturated heterocycles. The van der Waals surface area contributed by atoms with Gasteiger partial charge in [-0.05, 0) is 62.7 Å². The van der Waals surface area contributed by atoms with Crippen LogP contribution in [0.25, 0.3) is 0 Å². The molecule has 2 aliphatic carbocycles. The molecule has 17 heavy (non-hydrogen) atoms. The molecule has 0 unspecified atom stereocenters. The largest absolute Gasteiger partial charge is 0.0914 e. The highest BCUT2D eigenvalue weighted by molar-refractivity contribution is 4.89. The fourth-order valence-electron chi connectivity index (χ4n) is 3.92.